The predicted molar refractivity (Wildman–Crippen MR) is 134 cm³/mol. The standard InChI is InChI=1S/C26H33N3O5S/c1-20(2)21-10-12-22(13-11-21)29(35(32,33)23-7-4-3-5-8-23)19-25(30)27-14-16-28(17-15-27)26(31)24-9-6-18-34-24/h3-5,7-8,10-13,20,24H,6,9,14-19H2,1-2H3/t24-/m0/s1. The molecule has 35 heavy (non-hydrogen) atoms. The van der Waals surface area contributed by atoms with E-state index in [-0.39, 0.29) is 29.4 Å². The van der Waals surface area contributed by atoms with Gasteiger partial charge in [-0.05, 0) is 48.6 Å². The van der Waals surface area contributed by atoms with Gasteiger partial charge in [0.25, 0.3) is 15.9 Å². The maximum absolute atomic E-state index is 13.5. The van der Waals surface area contributed by atoms with Crippen molar-refractivity contribution in [2.24, 2.45) is 0 Å². The molecule has 2 aromatic rings. The summed E-state index contributed by atoms with van der Waals surface area (Å²) >= 11 is 0. The van der Waals surface area contributed by atoms with Crippen LogP contribution < -0.4 is 4.31 Å². The van der Waals surface area contributed by atoms with Gasteiger partial charge in [-0.3, -0.25) is 13.9 Å². The van der Waals surface area contributed by atoms with E-state index in [1.807, 2.05) is 12.1 Å². The van der Waals surface area contributed by atoms with Gasteiger partial charge in [0.1, 0.15) is 12.6 Å². The van der Waals surface area contributed by atoms with Gasteiger partial charge in [0, 0.05) is 32.8 Å². The average Bonchev–Trinajstić information content (AvgIpc) is 3.42. The summed E-state index contributed by atoms with van der Waals surface area (Å²) in [7, 11) is -3.95. The Morgan fingerprint density at radius 3 is 2.17 bits per heavy atom. The van der Waals surface area contributed by atoms with E-state index < -0.39 is 10.0 Å². The number of rotatable bonds is 7. The zero-order valence-electron chi connectivity index (χ0n) is 20.3. The van der Waals surface area contributed by atoms with Crippen LogP contribution in [0.25, 0.3) is 0 Å². The molecular weight excluding hydrogens is 466 g/mol. The van der Waals surface area contributed by atoms with Crippen molar-refractivity contribution in [3.05, 3.63) is 60.2 Å². The van der Waals surface area contributed by atoms with Crippen LogP contribution in [0.5, 0.6) is 0 Å². The average molecular weight is 500 g/mol. The Kier molecular flexibility index (Phi) is 7.76. The molecular formula is C26H33N3O5S. The van der Waals surface area contributed by atoms with E-state index in [1.165, 1.54) is 16.4 Å². The maximum Gasteiger partial charge on any atom is 0.264 e. The Bertz CT molecular complexity index is 1120. The van der Waals surface area contributed by atoms with Crippen molar-refractivity contribution >= 4 is 27.5 Å². The van der Waals surface area contributed by atoms with Gasteiger partial charge in [0.05, 0.1) is 10.6 Å². The summed E-state index contributed by atoms with van der Waals surface area (Å²) in [6.45, 7) is 6.00. The lowest BCUT2D eigenvalue weighted by Crippen LogP contribution is -2.54. The summed E-state index contributed by atoms with van der Waals surface area (Å²) in [5, 5.41) is 0. The van der Waals surface area contributed by atoms with Crippen LogP contribution >= 0.6 is 0 Å². The van der Waals surface area contributed by atoms with Crippen LogP contribution in [0.3, 0.4) is 0 Å². The molecule has 2 aromatic carbocycles. The molecule has 2 heterocycles. The van der Waals surface area contributed by atoms with Gasteiger partial charge in [-0.1, -0.05) is 44.2 Å². The fraction of sp³-hybridized carbons (Fsp3) is 0.462. The first-order valence-corrected chi connectivity index (χ1v) is 13.6. The number of hydrogen-bond acceptors (Lipinski definition) is 5. The second-order valence-corrected chi connectivity index (χ2v) is 11.1. The van der Waals surface area contributed by atoms with Crippen LogP contribution in [0.15, 0.2) is 59.5 Å². The minimum Gasteiger partial charge on any atom is -0.368 e. The summed E-state index contributed by atoms with van der Waals surface area (Å²) in [5.74, 6) is -0.00622. The number of piperazine rings is 1. The van der Waals surface area contributed by atoms with Crippen LogP contribution in [0.1, 0.15) is 38.2 Å². The highest BCUT2D eigenvalue weighted by Gasteiger charge is 2.33. The van der Waals surface area contributed by atoms with Gasteiger partial charge in [-0.2, -0.15) is 0 Å². The molecule has 0 radical (unpaired) electrons. The highest BCUT2D eigenvalue weighted by atomic mass is 32.2. The van der Waals surface area contributed by atoms with E-state index in [4.69, 9.17) is 4.74 Å². The van der Waals surface area contributed by atoms with Crippen molar-refractivity contribution in [2.45, 2.75) is 43.6 Å². The Morgan fingerprint density at radius 2 is 1.60 bits per heavy atom. The molecule has 2 aliphatic rings. The largest absolute Gasteiger partial charge is 0.368 e. The minimum atomic E-state index is -3.95. The molecule has 2 fully saturated rings. The molecule has 0 bridgehead atoms. The highest BCUT2D eigenvalue weighted by molar-refractivity contribution is 7.92. The fourth-order valence-electron chi connectivity index (χ4n) is 4.44. The van der Waals surface area contributed by atoms with Crippen LogP contribution in [-0.4, -0.2) is 75.5 Å². The third-order valence-electron chi connectivity index (χ3n) is 6.61. The minimum absolute atomic E-state index is 0.0203. The van der Waals surface area contributed by atoms with Gasteiger partial charge in [-0.25, -0.2) is 8.42 Å². The second kappa shape index (κ2) is 10.8. The van der Waals surface area contributed by atoms with Crippen LogP contribution in [0.2, 0.25) is 0 Å². The smallest absolute Gasteiger partial charge is 0.264 e. The van der Waals surface area contributed by atoms with Crippen molar-refractivity contribution in [1.82, 2.24) is 9.80 Å². The van der Waals surface area contributed by atoms with Crippen LogP contribution in [-0.2, 0) is 24.3 Å². The van der Waals surface area contributed by atoms with Gasteiger partial charge in [0.2, 0.25) is 5.91 Å². The predicted octanol–water partition coefficient (Wildman–Crippen LogP) is 2.86. The second-order valence-electron chi connectivity index (χ2n) is 9.28. The molecule has 0 spiro atoms. The molecule has 8 nitrogen and oxygen atoms in total. The molecule has 2 aliphatic heterocycles. The zero-order chi connectivity index (χ0) is 25.0. The fourth-order valence-corrected chi connectivity index (χ4v) is 5.87. The normalized spacial score (nSPS) is 18.7. The number of carbonyl (C=O) groups excluding carboxylic acids is 2. The summed E-state index contributed by atoms with van der Waals surface area (Å²) < 4.78 is 33.8. The molecule has 0 N–H and O–H groups in total. The molecule has 2 amide bonds. The Labute approximate surface area is 207 Å². The Morgan fingerprint density at radius 1 is 0.971 bits per heavy atom. The monoisotopic (exact) mass is 499 g/mol. The van der Waals surface area contributed by atoms with E-state index in [9.17, 15) is 18.0 Å². The first kappa shape index (κ1) is 25.2. The first-order chi connectivity index (χ1) is 16.8. The van der Waals surface area contributed by atoms with Crippen LogP contribution in [0.4, 0.5) is 5.69 Å². The van der Waals surface area contributed by atoms with E-state index in [0.29, 0.717) is 44.4 Å². The SMILES string of the molecule is CC(C)c1ccc(N(CC(=O)N2CCN(C(=O)[C@@H]3CCCO3)CC2)S(=O)(=O)c2ccccc2)cc1. The summed E-state index contributed by atoms with van der Waals surface area (Å²) in [6, 6.07) is 15.4. The van der Waals surface area contributed by atoms with Gasteiger partial charge < -0.3 is 14.5 Å². The molecule has 0 saturated carbocycles. The van der Waals surface area contributed by atoms with Crippen molar-refractivity contribution in [3.8, 4) is 0 Å². The lowest BCUT2D eigenvalue weighted by atomic mass is 10.0. The van der Waals surface area contributed by atoms with E-state index in [1.54, 1.807) is 40.1 Å². The number of hydrogen-bond donors (Lipinski definition) is 0. The van der Waals surface area contributed by atoms with Gasteiger partial charge >= 0.3 is 0 Å². The van der Waals surface area contributed by atoms with Gasteiger partial charge in [-0.15, -0.1) is 0 Å². The topological polar surface area (TPSA) is 87.2 Å². The zero-order valence-corrected chi connectivity index (χ0v) is 21.1. The third-order valence-corrected chi connectivity index (χ3v) is 8.40. The number of ether oxygens (including phenoxy) is 1. The molecule has 0 unspecified atom stereocenters. The number of sulfonamides is 1. The number of carbonyl (C=O) groups is 2. The molecule has 188 valence electrons. The highest BCUT2D eigenvalue weighted by Crippen LogP contribution is 2.26. The Hall–Kier alpha value is -2.91. The third kappa shape index (κ3) is 5.67. The van der Waals surface area contributed by atoms with Gasteiger partial charge in [0.15, 0.2) is 0 Å². The summed E-state index contributed by atoms with van der Waals surface area (Å²) in [4.78, 5) is 29.4. The lowest BCUT2D eigenvalue weighted by Gasteiger charge is -2.36. The summed E-state index contributed by atoms with van der Waals surface area (Å²) in [5.41, 5.74) is 1.53. The van der Waals surface area contributed by atoms with E-state index in [2.05, 4.69) is 13.8 Å². The Balaban J connectivity index is 1.50. The van der Waals surface area contributed by atoms with Crippen molar-refractivity contribution < 1.29 is 22.7 Å². The van der Waals surface area contributed by atoms with E-state index >= 15 is 0 Å². The number of anilines is 1. The van der Waals surface area contributed by atoms with Crippen molar-refractivity contribution in [2.75, 3.05) is 43.6 Å². The molecule has 2 saturated heterocycles. The van der Waals surface area contributed by atoms with Crippen molar-refractivity contribution in [3.63, 3.8) is 0 Å². The summed E-state index contributed by atoms with van der Waals surface area (Å²) in [6.07, 6.45) is 1.25. The molecule has 0 aliphatic carbocycles. The van der Waals surface area contributed by atoms with Crippen molar-refractivity contribution in [1.29, 1.82) is 0 Å². The number of benzene rings is 2. The molecule has 0 aromatic heterocycles. The number of nitrogens with zero attached hydrogens (tertiary/aromatic N) is 3. The molecule has 9 heteroatoms. The van der Waals surface area contributed by atoms with E-state index in [0.717, 1.165) is 18.4 Å². The molecule has 4 rings (SSSR count). The first-order valence-electron chi connectivity index (χ1n) is 12.1. The number of amides is 2. The lowest BCUT2D eigenvalue weighted by molar-refractivity contribution is -0.145. The molecule has 1 atom stereocenters. The maximum atomic E-state index is 13.5. The quantitative estimate of drug-likeness (QED) is 0.585. The van der Waals surface area contributed by atoms with Crippen LogP contribution in [0, 0.1) is 0 Å².